The van der Waals surface area contributed by atoms with Crippen LogP contribution in [0.2, 0.25) is 0 Å². The third-order valence-electron chi connectivity index (χ3n) is 7.17. The topological polar surface area (TPSA) is 6.48 Å². The molecule has 162 valence electrons. The molecule has 2 heteroatoms. The van der Waals surface area contributed by atoms with Crippen molar-refractivity contribution in [2.75, 3.05) is 37.6 Å². The maximum Gasteiger partial charge on any atom is 0.0367 e. The van der Waals surface area contributed by atoms with E-state index in [1.54, 1.807) is 0 Å². The molecule has 2 nitrogen and oxygen atoms in total. The van der Waals surface area contributed by atoms with E-state index < -0.39 is 0 Å². The molecule has 1 saturated heterocycles. The Labute approximate surface area is 188 Å². The van der Waals surface area contributed by atoms with Gasteiger partial charge in [-0.25, -0.2) is 0 Å². The van der Waals surface area contributed by atoms with E-state index in [0.717, 1.165) is 26.2 Å². The van der Waals surface area contributed by atoms with Gasteiger partial charge in [-0.2, -0.15) is 0 Å². The Kier molecular flexibility index (Phi) is 7.09. The Morgan fingerprint density at radius 1 is 0.710 bits per heavy atom. The van der Waals surface area contributed by atoms with Crippen LogP contribution >= 0.6 is 0 Å². The molecule has 31 heavy (non-hydrogen) atoms. The van der Waals surface area contributed by atoms with E-state index in [1.165, 1.54) is 48.2 Å². The van der Waals surface area contributed by atoms with Gasteiger partial charge >= 0.3 is 0 Å². The Morgan fingerprint density at radius 2 is 1.29 bits per heavy atom. The molecule has 1 aliphatic heterocycles. The van der Waals surface area contributed by atoms with Gasteiger partial charge in [-0.3, -0.25) is 4.90 Å². The average Bonchev–Trinajstić information content (AvgIpc) is 2.85. The number of hydrogen-bond donors (Lipinski definition) is 0. The molecule has 1 aliphatic rings. The first-order valence-electron chi connectivity index (χ1n) is 11.9. The average molecular weight is 413 g/mol. The van der Waals surface area contributed by atoms with E-state index in [2.05, 4.69) is 109 Å². The Morgan fingerprint density at radius 3 is 1.90 bits per heavy atom. The lowest BCUT2D eigenvalue weighted by molar-refractivity contribution is 0.241. The van der Waals surface area contributed by atoms with Gasteiger partial charge in [0.1, 0.15) is 0 Å². The predicted octanol–water partition coefficient (Wildman–Crippen LogP) is 6.62. The maximum atomic E-state index is 2.65. The molecule has 0 aromatic heterocycles. The normalized spacial score (nSPS) is 16.8. The van der Waals surface area contributed by atoms with Gasteiger partial charge in [-0.15, -0.1) is 0 Å². The van der Waals surface area contributed by atoms with E-state index in [1.807, 2.05) is 0 Å². The molecule has 3 aromatic rings. The summed E-state index contributed by atoms with van der Waals surface area (Å²) >= 11 is 0. The predicted molar refractivity (Wildman–Crippen MR) is 134 cm³/mol. The summed E-state index contributed by atoms with van der Waals surface area (Å²) in [6, 6.07) is 30.8. The van der Waals surface area contributed by atoms with Gasteiger partial charge in [0.05, 0.1) is 0 Å². The molecule has 0 N–H and O–H groups in total. The summed E-state index contributed by atoms with van der Waals surface area (Å²) in [6.07, 6.45) is 3.73. The van der Waals surface area contributed by atoms with Crippen LogP contribution in [-0.4, -0.2) is 37.6 Å². The standard InChI is InChI=1S/C29H36N2/c1-3-29(2,27-13-8-5-9-14-27)19-10-20-30-21-23-31(24-22-30)28-17-15-26(16-18-28)25-11-6-4-7-12-25/h4-9,11-18H,3,10,19-24H2,1-2H3. The smallest absolute Gasteiger partial charge is 0.0367 e. The highest BCUT2D eigenvalue weighted by molar-refractivity contribution is 5.66. The highest BCUT2D eigenvalue weighted by Crippen LogP contribution is 2.32. The van der Waals surface area contributed by atoms with Crippen molar-refractivity contribution < 1.29 is 0 Å². The Hall–Kier alpha value is -2.58. The second-order valence-electron chi connectivity index (χ2n) is 9.13. The molecule has 1 fully saturated rings. The molecule has 1 heterocycles. The third-order valence-corrected chi connectivity index (χ3v) is 7.17. The minimum Gasteiger partial charge on any atom is -0.369 e. The molecule has 1 unspecified atom stereocenters. The van der Waals surface area contributed by atoms with Crippen LogP contribution in [0.25, 0.3) is 11.1 Å². The van der Waals surface area contributed by atoms with Crippen LogP contribution in [-0.2, 0) is 5.41 Å². The van der Waals surface area contributed by atoms with Gasteiger partial charge in [0.25, 0.3) is 0 Å². The second-order valence-corrected chi connectivity index (χ2v) is 9.13. The summed E-state index contributed by atoms with van der Waals surface area (Å²) in [5.41, 5.74) is 5.71. The second kappa shape index (κ2) is 10.2. The lowest BCUT2D eigenvalue weighted by atomic mass is 9.76. The third kappa shape index (κ3) is 5.37. The number of nitrogens with zero attached hydrogens (tertiary/aromatic N) is 2. The molecule has 3 aromatic carbocycles. The maximum absolute atomic E-state index is 2.65. The zero-order chi connectivity index (χ0) is 21.5. The first-order valence-corrected chi connectivity index (χ1v) is 11.9. The minimum atomic E-state index is 0.295. The molecule has 0 radical (unpaired) electrons. The van der Waals surface area contributed by atoms with Crippen molar-refractivity contribution in [3.8, 4) is 11.1 Å². The van der Waals surface area contributed by atoms with E-state index in [-0.39, 0.29) is 0 Å². The van der Waals surface area contributed by atoms with Gasteiger partial charge in [-0.1, -0.05) is 86.6 Å². The number of benzene rings is 3. The SMILES string of the molecule is CCC(C)(CCCN1CCN(c2ccc(-c3ccccc3)cc2)CC1)c1ccccc1. The highest BCUT2D eigenvalue weighted by Gasteiger charge is 2.24. The van der Waals surface area contributed by atoms with E-state index in [9.17, 15) is 0 Å². The Balaban J connectivity index is 1.25. The number of piperazine rings is 1. The summed E-state index contributed by atoms with van der Waals surface area (Å²) in [7, 11) is 0. The van der Waals surface area contributed by atoms with Crippen LogP contribution in [0.5, 0.6) is 0 Å². The van der Waals surface area contributed by atoms with Gasteiger partial charge in [0.15, 0.2) is 0 Å². The molecule has 1 atom stereocenters. The molecule has 0 saturated carbocycles. The van der Waals surface area contributed by atoms with Crippen molar-refractivity contribution in [3.63, 3.8) is 0 Å². The summed E-state index contributed by atoms with van der Waals surface area (Å²) in [6.45, 7) is 10.5. The first-order chi connectivity index (χ1) is 15.2. The number of hydrogen-bond acceptors (Lipinski definition) is 2. The molecular formula is C29H36N2. The molecule has 0 amide bonds. The van der Waals surface area contributed by atoms with Crippen molar-refractivity contribution in [2.45, 2.75) is 38.5 Å². The summed E-state index contributed by atoms with van der Waals surface area (Å²) < 4.78 is 0. The molecule has 0 spiro atoms. The lowest BCUT2D eigenvalue weighted by Crippen LogP contribution is -2.46. The van der Waals surface area contributed by atoms with Crippen LogP contribution in [0.4, 0.5) is 5.69 Å². The fraction of sp³-hybridized carbons (Fsp3) is 0.379. The molecule has 0 aliphatic carbocycles. The number of anilines is 1. The zero-order valence-corrected chi connectivity index (χ0v) is 19.1. The summed E-state index contributed by atoms with van der Waals surface area (Å²) in [5.74, 6) is 0. The van der Waals surface area contributed by atoms with Gasteiger partial charge in [-0.05, 0) is 60.0 Å². The van der Waals surface area contributed by atoms with Gasteiger partial charge < -0.3 is 4.90 Å². The Bertz CT molecular complexity index is 912. The van der Waals surface area contributed by atoms with Crippen LogP contribution in [0.15, 0.2) is 84.9 Å². The summed E-state index contributed by atoms with van der Waals surface area (Å²) in [5, 5.41) is 0. The van der Waals surface area contributed by atoms with E-state index in [4.69, 9.17) is 0 Å². The van der Waals surface area contributed by atoms with Crippen molar-refractivity contribution in [3.05, 3.63) is 90.5 Å². The fourth-order valence-electron chi connectivity index (χ4n) is 4.78. The zero-order valence-electron chi connectivity index (χ0n) is 19.1. The van der Waals surface area contributed by atoms with Gasteiger partial charge in [0.2, 0.25) is 0 Å². The van der Waals surface area contributed by atoms with Crippen molar-refractivity contribution in [1.82, 2.24) is 4.90 Å². The van der Waals surface area contributed by atoms with Crippen LogP contribution < -0.4 is 4.90 Å². The van der Waals surface area contributed by atoms with E-state index in [0.29, 0.717) is 5.41 Å². The summed E-state index contributed by atoms with van der Waals surface area (Å²) in [4.78, 5) is 5.18. The molecule has 0 bridgehead atoms. The van der Waals surface area contributed by atoms with Gasteiger partial charge in [0, 0.05) is 31.9 Å². The monoisotopic (exact) mass is 412 g/mol. The van der Waals surface area contributed by atoms with Crippen LogP contribution in [0, 0.1) is 0 Å². The minimum absolute atomic E-state index is 0.295. The molecular weight excluding hydrogens is 376 g/mol. The van der Waals surface area contributed by atoms with E-state index >= 15 is 0 Å². The quantitative estimate of drug-likeness (QED) is 0.410. The molecule has 4 rings (SSSR count). The fourth-order valence-corrected chi connectivity index (χ4v) is 4.78. The number of rotatable bonds is 8. The van der Waals surface area contributed by atoms with Crippen molar-refractivity contribution in [2.24, 2.45) is 0 Å². The van der Waals surface area contributed by atoms with Crippen molar-refractivity contribution in [1.29, 1.82) is 0 Å². The van der Waals surface area contributed by atoms with Crippen LogP contribution in [0.3, 0.4) is 0 Å². The lowest BCUT2D eigenvalue weighted by Gasteiger charge is -2.37. The highest BCUT2D eigenvalue weighted by atomic mass is 15.3. The van der Waals surface area contributed by atoms with Crippen molar-refractivity contribution >= 4 is 5.69 Å². The largest absolute Gasteiger partial charge is 0.369 e. The van der Waals surface area contributed by atoms with Crippen LogP contribution in [0.1, 0.15) is 38.7 Å². The first kappa shape index (κ1) is 21.6.